The third kappa shape index (κ3) is 5.15. The smallest absolute Gasteiger partial charge is 0.250 e. The summed E-state index contributed by atoms with van der Waals surface area (Å²) in [5, 5.41) is 2.76. The molecular formula is C15H14Br2N2O2. The number of nitrogens with two attached hydrogens (primary N) is 1. The third-order valence-electron chi connectivity index (χ3n) is 2.66. The first-order chi connectivity index (χ1) is 10.0. The van der Waals surface area contributed by atoms with Gasteiger partial charge in [0.2, 0.25) is 5.91 Å². The van der Waals surface area contributed by atoms with Gasteiger partial charge in [0.05, 0.1) is 12.3 Å². The largest absolute Gasteiger partial charge is 0.399 e. The Morgan fingerprint density at radius 3 is 2.71 bits per heavy atom. The molecule has 0 spiro atoms. The van der Waals surface area contributed by atoms with Crippen LogP contribution in [0.3, 0.4) is 0 Å². The predicted molar refractivity (Wildman–Crippen MR) is 91.0 cm³/mol. The summed E-state index contributed by atoms with van der Waals surface area (Å²) in [6, 6.07) is 13.0. The van der Waals surface area contributed by atoms with E-state index in [0.717, 1.165) is 14.5 Å². The van der Waals surface area contributed by atoms with Crippen molar-refractivity contribution in [2.45, 2.75) is 6.61 Å². The van der Waals surface area contributed by atoms with Crippen molar-refractivity contribution in [2.75, 3.05) is 17.7 Å². The summed E-state index contributed by atoms with van der Waals surface area (Å²) in [4.78, 5) is 11.8. The Bertz CT molecular complexity index is 647. The lowest BCUT2D eigenvalue weighted by atomic mass is 10.2. The van der Waals surface area contributed by atoms with E-state index >= 15 is 0 Å². The third-order valence-corrected chi connectivity index (χ3v) is 3.81. The van der Waals surface area contributed by atoms with Gasteiger partial charge in [-0.25, -0.2) is 0 Å². The van der Waals surface area contributed by atoms with Gasteiger partial charge in [-0.2, -0.15) is 0 Å². The molecule has 0 unspecified atom stereocenters. The van der Waals surface area contributed by atoms with Crippen molar-refractivity contribution in [2.24, 2.45) is 0 Å². The fraction of sp³-hybridized carbons (Fsp3) is 0.133. The normalized spacial score (nSPS) is 10.4. The van der Waals surface area contributed by atoms with E-state index in [2.05, 4.69) is 37.2 Å². The Morgan fingerprint density at radius 1 is 1.19 bits per heavy atom. The first-order valence-electron chi connectivity index (χ1n) is 6.21. The molecule has 0 saturated heterocycles. The van der Waals surface area contributed by atoms with E-state index < -0.39 is 0 Å². The lowest BCUT2D eigenvalue weighted by Gasteiger charge is -2.09. The summed E-state index contributed by atoms with van der Waals surface area (Å²) >= 11 is 6.74. The summed E-state index contributed by atoms with van der Waals surface area (Å²) in [6.07, 6.45) is 0. The van der Waals surface area contributed by atoms with Crippen LogP contribution in [0.25, 0.3) is 0 Å². The van der Waals surface area contributed by atoms with E-state index in [0.29, 0.717) is 18.0 Å². The minimum Gasteiger partial charge on any atom is -0.399 e. The molecule has 0 aliphatic rings. The van der Waals surface area contributed by atoms with E-state index in [9.17, 15) is 4.79 Å². The van der Waals surface area contributed by atoms with Crippen LogP contribution in [0.5, 0.6) is 0 Å². The molecule has 21 heavy (non-hydrogen) atoms. The molecule has 4 nitrogen and oxygen atoms in total. The van der Waals surface area contributed by atoms with Gasteiger partial charge < -0.3 is 15.8 Å². The predicted octanol–water partition coefficient (Wildman–Crippen LogP) is 3.95. The molecule has 0 bridgehead atoms. The Hall–Kier alpha value is -1.37. The molecule has 0 atom stereocenters. The average Bonchev–Trinajstić information content (AvgIpc) is 2.42. The van der Waals surface area contributed by atoms with Crippen LogP contribution in [0.4, 0.5) is 11.4 Å². The number of ether oxygens (including phenoxy) is 1. The van der Waals surface area contributed by atoms with Gasteiger partial charge in [0.1, 0.15) is 6.61 Å². The maximum absolute atomic E-state index is 11.8. The number of carbonyl (C=O) groups is 1. The molecule has 0 aromatic heterocycles. The molecule has 0 heterocycles. The second-order valence-electron chi connectivity index (χ2n) is 4.41. The van der Waals surface area contributed by atoms with Gasteiger partial charge in [0, 0.05) is 14.6 Å². The number of hydrogen-bond acceptors (Lipinski definition) is 3. The van der Waals surface area contributed by atoms with Crippen molar-refractivity contribution in [1.82, 2.24) is 0 Å². The monoisotopic (exact) mass is 412 g/mol. The second kappa shape index (κ2) is 7.59. The molecule has 2 aromatic rings. The zero-order valence-electron chi connectivity index (χ0n) is 11.1. The average molecular weight is 414 g/mol. The quantitative estimate of drug-likeness (QED) is 0.729. The van der Waals surface area contributed by atoms with Crippen molar-refractivity contribution >= 4 is 49.1 Å². The molecule has 2 aromatic carbocycles. The van der Waals surface area contributed by atoms with Gasteiger partial charge >= 0.3 is 0 Å². The van der Waals surface area contributed by atoms with Crippen LogP contribution in [0.2, 0.25) is 0 Å². The summed E-state index contributed by atoms with van der Waals surface area (Å²) < 4.78 is 7.12. The van der Waals surface area contributed by atoms with Gasteiger partial charge in [-0.05, 0) is 51.8 Å². The molecule has 1 amide bonds. The molecule has 3 N–H and O–H groups in total. The number of anilines is 2. The standard InChI is InChI=1S/C15H14Br2N2O2/c16-11-3-1-2-10(6-11)8-21-9-15(20)19-14-5-4-12(18)7-13(14)17/h1-7H,8-9,18H2,(H,19,20). The number of rotatable bonds is 5. The van der Waals surface area contributed by atoms with Gasteiger partial charge in [-0.1, -0.05) is 28.1 Å². The van der Waals surface area contributed by atoms with E-state index in [4.69, 9.17) is 10.5 Å². The van der Waals surface area contributed by atoms with Crippen LogP contribution in [0.1, 0.15) is 5.56 Å². The number of benzene rings is 2. The van der Waals surface area contributed by atoms with Crippen molar-refractivity contribution in [3.63, 3.8) is 0 Å². The molecule has 2 rings (SSSR count). The lowest BCUT2D eigenvalue weighted by molar-refractivity contribution is -0.121. The topological polar surface area (TPSA) is 64.3 Å². The Balaban J connectivity index is 1.82. The van der Waals surface area contributed by atoms with E-state index in [1.54, 1.807) is 18.2 Å². The maximum atomic E-state index is 11.8. The highest BCUT2D eigenvalue weighted by atomic mass is 79.9. The number of halogens is 2. The Labute approximate surface area is 139 Å². The van der Waals surface area contributed by atoms with Crippen LogP contribution in [-0.2, 0) is 16.1 Å². The first kappa shape index (κ1) is 16.0. The highest BCUT2D eigenvalue weighted by Crippen LogP contribution is 2.24. The van der Waals surface area contributed by atoms with Crippen LogP contribution in [0, 0.1) is 0 Å². The van der Waals surface area contributed by atoms with E-state index in [-0.39, 0.29) is 12.5 Å². The highest BCUT2D eigenvalue weighted by Gasteiger charge is 2.06. The van der Waals surface area contributed by atoms with E-state index in [1.165, 1.54) is 0 Å². The highest BCUT2D eigenvalue weighted by molar-refractivity contribution is 9.10. The minimum atomic E-state index is -0.213. The maximum Gasteiger partial charge on any atom is 0.250 e. The first-order valence-corrected chi connectivity index (χ1v) is 7.80. The van der Waals surface area contributed by atoms with Gasteiger partial charge in [0.25, 0.3) is 0 Å². The fourth-order valence-corrected chi connectivity index (χ4v) is 2.65. The molecule has 0 radical (unpaired) electrons. The summed E-state index contributed by atoms with van der Waals surface area (Å²) in [6.45, 7) is 0.374. The van der Waals surface area contributed by atoms with Crippen LogP contribution >= 0.6 is 31.9 Å². The summed E-state index contributed by atoms with van der Waals surface area (Å²) in [5.74, 6) is -0.213. The number of hydrogen-bond donors (Lipinski definition) is 2. The molecule has 0 aliphatic carbocycles. The van der Waals surface area contributed by atoms with Crippen molar-refractivity contribution < 1.29 is 9.53 Å². The van der Waals surface area contributed by atoms with Gasteiger partial charge in [0.15, 0.2) is 0 Å². The molecule has 0 fully saturated rings. The summed E-state index contributed by atoms with van der Waals surface area (Å²) in [7, 11) is 0. The number of nitrogens with one attached hydrogen (secondary N) is 1. The number of amides is 1. The minimum absolute atomic E-state index is 0.0106. The Morgan fingerprint density at radius 2 is 2.00 bits per heavy atom. The molecular weight excluding hydrogens is 400 g/mol. The summed E-state index contributed by atoms with van der Waals surface area (Å²) in [5.41, 5.74) is 7.95. The van der Waals surface area contributed by atoms with Crippen molar-refractivity contribution in [3.8, 4) is 0 Å². The van der Waals surface area contributed by atoms with Crippen molar-refractivity contribution in [1.29, 1.82) is 0 Å². The molecule has 0 aliphatic heterocycles. The molecule has 6 heteroatoms. The number of nitrogen functional groups attached to an aromatic ring is 1. The van der Waals surface area contributed by atoms with Gasteiger partial charge in [-0.15, -0.1) is 0 Å². The number of carbonyl (C=O) groups excluding carboxylic acids is 1. The van der Waals surface area contributed by atoms with Crippen molar-refractivity contribution in [3.05, 3.63) is 57.0 Å². The van der Waals surface area contributed by atoms with Gasteiger partial charge in [-0.3, -0.25) is 4.79 Å². The molecule has 0 saturated carbocycles. The SMILES string of the molecule is Nc1ccc(NC(=O)COCc2cccc(Br)c2)c(Br)c1. The fourth-order valence-electron chi connectivity index (χ4n) is 1.71. The lowest BCUT2D eigenvalue weighted by Crippen LogP contribution is -2.18. The zero-order chi connectivity index (χ0) is 15.2. The van der Waals surface area contributed by atoms with Crippen LogP contribution in [0.15, 0.2) is 51.4 Å². The van der Waals surface area contributed by atoms with Crippen LogP contribution in [-0.4, -0.2) is 12.5 Å². The van der Waals surface area contributed by atoms with Crippen LogP contribution < -0.4 is 11.1 Å². The Kier molecular flexibility index (Phi) is 5.78. The van der Waals surface area contributed by atoms with E-state index in [1.807, 2.05) is 24.3 Å². The molecule has 110 valence electrons. The zero-order valence-corrected chi connectivity index (χ0v) is 14.3. The second-order valence-corrected chi connectivity index (χ2v) is 6.18.